The molecule has 0 aliphatic carbocycles. The molecular weight excluding hydrogens is 175 g/mol. The van der Waals surface area contributed by atoms with Gasteiger partial charge in [-0.25, -0.2) is 0 Å². The van der Waals surface area contributed by atoms with Crippen LogP contribution in [0.2, 0.25) is 0 Å². The third-order valence-corrected chi connectivity index (χ3v) is 1.88. The van der Waals surface area contributed by atoms with Crippen LogP contribution in [0.1, 0.15) is 0 Å². The second-order valence-corrected chi connectivity index (χ2v) is 2.73. The average molecular weight is 185 g/mol. The van der Waals surface area contributed by atoms with Crippen molar-refractivity contribution in [3.63, 3.8) is 0 Å². The molecule has 0 bridgehead atoms. The maximum Gasteiger partial charge on any atom is 0 e. The summed E-state index contributed by atoms with van der Waals surface area (Å²) in [6.45, 7) is 0. The maximum atomic E-state index is 2.12. The van der Waals surface area contributed by atoms with Crippen molar-refractivity contribution in [2.24, 2.45) is 0 Å². The standard InChI is InChI=1S/C12H10.P/c1-3-7-11(8-4-1)12-9-5-2-6-10-12;/h1-10H;. The van der Waals surface area contributed by atoms with E-state index in [1.54, 1.807) is 0 Å². The van der Waals surface area contributed by atoms with Gasteiger partial charge in [0.1, 0.15) is 0 Å². The van der Waals surface area contributed by atoms with E-state index in [0.29, 0.717) is 0 Å². The smallest absolute Gasteiger partial charge is 0 e. The van der Waals surface area contributed by atoms with Crippen molar-refractivity contribution in [2.45, 2.75) is 0 Å². The molecule has 0 spiro atoms. The fourth-order valence-electron chi connectivity index (χ4n) is 1.26. The van der Waals surface area contributed by atoms with Gasteiger partial charge in [-0.05, 0) is 11.1 Å². The summed E-state index contributed by atoms with van der Waals surface area (Å²) in [6.07, 6.45) is 0. The van der Waals surface area contributed by atoms with Gasteiger partial charge in [-0.2, -0.15) is 0 Å². The minimum absolute atomic E-state index is 0. The number of rotatable bonds is 1. The van der Waals surface area contributed by atoms with E-state index in [0.717, 1.165) is 0 Å². The lowest BCUT2D eigenvalue weighted by Gasteiger charge is -1.98. The fraction of sp³-hybridized carbons (Fsp3) is 0. The normalized spacial score (nSPS) is 8.92. The molecule has 0 amide bonds. The molecule has 63 valence electrons. The molecule has 13 heavy (non-hydrogen) atoms. The Morgan fingerprint density at radius 1 is 0.462 bits per heavy atom. The molecule has 0 aliphatic rings. The molecular formula is C12H10P. The Morgan fingerprint density at radius 3 is 1.08 bits per heavy atom. The molecule has 2 rings (SSSR count). The lowest BCUT2D eigenvalue weighted by Crippen LogP contribution is -1.73. The van der Waals surface area contributed by atoms with Gasteiger partial charge in [0.2, 0.25) is 0 Å². The first-order valence-corrected chi connectivity index (χ1v) is 4.07. The van der Waals surface area contributed by atoms with Crippen molar-refractivity contribution < 1.29 is 0 Å². The van der Waals surface area contributed by atoms with Crippen molar-refractivity contribution in [1.82, 2.24) is 0 Å². The number of hydrogen-bond acceptors (Lipinski definition) is 0. The summed E-state index contributed by atoms with van der Waals surface area (Å²) in [4.78, 5) is 0. The van der Waals surface area contributed by atoms with Crippen LogP contribution in [0.15, 0.2) is 60.7 Å². The zero-order chi connectivity index (χ0) is 8.23. The zero-order valence-corrected chi connectivity index (χ0v) is 8.12. The Labute approximate surface area is 82.2 Å². The Balaban J connectivity index is 0.000000845. The molecule has 3 radical (unpaired) electrons. The molecule has 0 N–H and O–H groups in total. The molecule has 0 nitrogen and oxygen atoms in total. The van der Waals surface area contributed by atoms with Gasteiger partial charge in [-0.15, -0.1) is 0 Å². The largest absolute Gasteiger partial charge is 0.0622 e. The van der Waals surface area contributed by atoms with Gasteiger partial charge < -0.3 is 0 Å². The third-order valence-electron chi connectivity index (χ3n) is 1.88. The van der Waals surface area contributed by atoms with Gasteiger partial charge in [0.15, 0.2) is 0 Å². The summed E-state index contributed by atoms with van der Waals surface area (Å²) in [5.41, 5.74) is 2.55. The maximum absolute atomic E-state index is 2.12. The van der Waals surface area contributed by atoms with E-state index in [9.17, 15) is 0 Å². The lowest BCUT2D eigenvalue weighted by atomic mass is 10.1. The lowest BCUT2D eigenvalue weighted by molar-refractivity contribution is 1.62. The highest BCUT2D eigenvalue weighted by atomic mass is 31.0. The predicted octanol–water partition coefficient (Wildman–Crippen LogP) is 4.21. The van der Waals surface area contributed by atoms with Crippen LogP contribution >= 0.6 is 9.90 Å². The van der Waals surface area contributed by atoms with Gasteiger partial charge in [-0.3, -0.25) is 0 Å². The van der Waals surface area contributed by atoms with Crippen molar-refractivity contribution in [3.8, 4) is 11.1 Å². The highest BCUT2D eigenvalue weighted by Crippen LogP contribution is 2.17. The topological polar surface area (TPSA) is 0 Å². The van der Waals surface area contributed by atoms with Crippen LogP contribution in [0.25, 0.3) is 11.1 Å². The highest BCUT2D eigenvalue weighted by Gasteiger charge is 1.91. The monoisotopic (exact) mass is 185 g/mol. The van der Waals surface area contributed by atoms with Crippen molar-refractivity contribution >= 4 is 9.90 Å². The summed E-state index contributed by atoms with van der Waals surface area (Å²) in [6, 6.07) is 20.8. The van der Waals surface area contributed by atoms with E-state index in [1.165, 1.54) is 11.1 Å². The molecule has 0 heterocycles. The van der Waals surface area contributed by atoms with Crippen LogP contribution < -0.4 is 0 Å². The van der Waals surface area contributed by atoms with Gasteiger partial charge in [-0.1, -0.05) is 60.7 Å². The molecule has 0 saturated heterocycles. The van der Waals surface area contributed by atoms with Gasteiger partial charge in [0.25, 0.3) is 0 Å². The van der Waals surface area contributed by atoms with E-state index in [2.05, 4.69) is 48.5 Å². The van der Waals surface area contributed by atoms with E-state index in [-0.39, 0.29) is 9.90 Å². The van der Waals surface area contributed by atoms with E-state index < -0.39 is 0 Å². The Morgan fingerprint density at radius 2 is 0.769 bits per heavy atom. The molecule has 0 saturated carbocycles. The molecule has 1 heteroatoms. The molecule has 0 aromatic heterocycles. The van der Waals surface area contributed by atoms with Crippen LogP contribution in [-0.4, -0.2) is 0 Å². The zero-order valence-electron chi connectivity index (χ0n) is 7.22. The summed E-state index contributed by atoms with van der Waals surface area (Å²) in [5, 5.41) is 0. The number of hydrogen-bond donors (Lipinski definition) is 0. The molecule has 2 aromatic carbocycles. The summed E-state index contributed by atoms with van der Waals surface area (Å²) in [7, 11) is 0. The first-order chi connectivity index (χ1) is 5.97. The van der Waals surface area contributed by atoms with E-state index in [4.69, 9.17) is 0 Å². The Hall–Kier alpha value is -1.13. The number of benzene rings is 2. The van der Waals surface area contributed by atoms with Gasteiger partial charge >= 0.3 is 0 Å². The Bertz CT molecular complexity index is 303. The SMILES string of the molecule is [P].c1ccc(-c2ccccc2)cc1. The Kier molecular flexibility index (Phi) is 3.67. The quantitative estimate of drug-likeness (QED) is 0.583. The molecule has 0 unspecified atom stereocenters. The van der Waals surface area contributed by atoms with Crippen molar-refractivity contribution in [3.05, 3.63) is 60.7 Å². The first kappa shape index (κ1) is 9.95. The van der Waals surface area contributed by atoms with Gasteiger partial charge in [0.05, 0.1) is 0 Å². The fourth-order valence-corrected chi connectivity index (χ4v) is 1.26. The summed E-state index contributed by atoms with van der Waals surface area (Å²) >= 11 is 0. The van der Waals surface area contributed by atoms with Crippen LogP contribution in [0, 0.1) is 0 Å². The third kappa shape index (κ3) is 2.40. The molecule has 0 fully saturated rings. The summed E-state index contributed by atoms with van der Waals surface area (Å²) in [5.74, 6) is 0. The second kappa shape index (κ2) is 4.79. The van der Waals surface area contributed by atoms with E-state index >= 15 is 0 Å². The average Bonchev–Trinajstić information content (AvgIpc) is 2.21. The van der Waals surface area contributed by atoms with Crippen molar-refractivity contribution in [1.29, 1.82) is 0 Å². The molecule has 0 aliphatic heterocycles. The minimum Gasteiger partial charge on any atom is -0.0622 e. The van der Waals surface area contributed by atoms with Crippen LogP contribution in [-0.2, 0) is 0 Å². The first-order valence-electron chi connectivity index (χ1n) is 4.07. The second-order valence-electron chi connectivity index (χ2n) is 2.73. The minimum atomic E-state index is 0. The van der Waals surface area contributed by atoms with Crippen LogP contribution in [0.4, 0.5) is 0 Å². The van der Waals surface area contributed by atoms with Crippen LogP contribution in [0.3, 0.4) is 0 Å². The predicted molar refractivity (Wildman–Crippen MR) is 58.8 cm³/mol. The highest BCUT2D eigenvalue weighted by molar-refractivity contribution is 6.92. The molecule has 0 atom stereocenters. The molecule has 2 aromatic rings. The van der Waals surface area contributed by atoms with Gasteiger partial charge in [0, 0.05) is 9.90 Å². The van der Waals surface area contributed by atoms with E-state index in [1.807, 2.05) is 12.1 Å². The van der Waals surface area contributed by atoms with Crippen LogP contribution in [0.5, 0.6) is 0 Å². The van der Waals surface area contributed by atoms with Crippen molar-refractivity contribution in [2.75, 3.05) is 0 Å². The summed E-state index contributed by atoms with van der Waals surface area (Å²) < 4.78 is 0.